The van der Waals surface area contributed by atoms with Crippen LogP contribution in [0, 0.1) is 0 Å². The van der Waals surface area contributed by atoms with E-state index >= 15 is 0 Å². The Balaban J connectivity index is 2.20. The van der Waals surface area contributed by atoms with Crippen molar-refractivity contribution in [2.24, 2.45) is 0 Å². The standard InChI is InChI=1S/C17H20O7/c1-4-13-14(24-16(20)12-8-6-5-7-9-12)15(21-10(2)18)17(23-13)22-11(3)19/h5-9,13-15,17H,4H2,1-3H3/t13-,14?,15?,17?/m0/s1. The fourth-order valence-electron chi connectivity index (χ4n) is 2.50. The topological polar surface area (TPSA) is 88.1 Å². The Hall–Kier alpha value is -2.41. The number of carbonyl (C=O) groups excluding carboxylic acids is 3. The predicted octanol–water partition coefficient (Wildman–Crippen LogP) is 1.84. The molecule has 7 nitrogen and oxygen atoms in total. The molecule has 1 heterocycles. The first-order valence-electron chi connectivity index (χ1n) is 7.68. The molecule has 0 aliphatic carbocycles. The van der Waals surface area contributed by atoms with Crippen molar-refractivity contribution in [1.29, 1.82) is 0 Å². The SMILES string of the molecule is CC[C@@H]1OC(OC(C)=O)C(OC(C)=O)C1OC(=O)c1ccccc1. The van der Waals surface area contributed by atoms with Crippen LogP contribution in [0.5, 0.6) is 0 Å². The second-order valence-corrected chi connectivity index (χ2v) is 5.37. The van der Waals surface area contributed by atoms with Crippen LogP contribution in [-0.4, -0.2) is 42.5 Å². The van der Waals surface area contributed by atoms with Gasteiger partial charge in [0.15, 0.2) is 6.10 Å². The van der Waals surface area contributed by atoms with Gasteiger partial charge in [-0.15, -0.1) is 0 Å². The summed E-state index contributed by atoms with van der Waals surface area (Å²) in [5.41, 5.74) is 0.366. The molecule has 2 rings (SSSR count). The minimum Gasteiger partial charge on any atom is -0.452 e. The molecule has 0 N–H and O–H groups in total. The minimum absolute atomic E-state index is 0.366. The number of benzene rings is 1. The summed E-state index contributed by atoms with van der Waals surface area (Å²) in [5.74, 6) is -1.73. The van der Waals surface area contributed by atoms with Gasteiger partial charge in [0.1, 0.15) is 6.10 Å². The van der Waals surface area contributed by atoms with Gasteiger partial charge in [-0.1, -0.05) is 25.1 Å². The van der Waals surface area contributed by atoms with Gasteiger partial charge >= 0.3 is 17.9 Å². The van der Waals surface area contributed by atoms with Gasteiger partial charge in [0.2, 0.25) is 12.4 Å². The average molecular weight is 336 g/mol. The van der Waals surface area contributed by atoms with Crippen LogP contribution in [0.25, 0.3) is 0 Å². The van der Waals surface area contributed by atoms with Crippen LogP contribution in [0.4, 0.5) is 0 Å². The van der Waals surface area contributed by atoms with E-state index in [-0.39, 0.29) is 0 Å². The predicted molar refractivity (Wildman–Crippen MR) is 81.9 cm³/mol. The van der Waals surface area contributed by atoms with Crippen molar-refractivity contribution in [3.05, 3.63) is 35.9 Å². The normalized spacial score (nSPS) is 25.8. The fourth-order valence-corrected chi connectivity index (χ4v) is 2.50. The summed E-state index contributed by atoms with van der Waals surface area (Å²) < 4.78 is 21.3. The molecule has 0 bridgehead atoms. The Bertz CT molecular complexity index is 598. The van der Waals surface area contributed by atoms with Gasteiger partial charge < -0.3 is 18.9 Å². The summed E-state index contributed by atoms with van der Waals surface area (Å²) in [4.78, 5) is 34.9. The largest absolute Gasteiger partial charge is 0.452 e. The Morgan fingerprint density at radius 1 is 0.958 bits per heavy atom. The minimum atomic E-state index is -1.11. The second kappa shape index (κ2) is 7.92. The quantitative estimate of drug-likeness (QED) is 0.599. The molecule has 1 aliphatic heterocycles. The highest BCUT2D eigenvalue weighted by molar-refractivity contribution is 5.89. The Morgan fingerprint density at radius 3 is 2.12 bits per heavy atom. The van der Waals surface area contributed by atoms with E-state index in [0.29, 0.717) is 12.0 Å². The first kappa shape index (κ1) is 17.9. The van der Waals surface area contributed by atoms with E-state index in [0.717, 1.165) is 0 Å². The monoisotopic (exact) mass is 336 g/mol. The van der Waals surface area contributed by atoms with Crippen LogP contribution in [0.2, 0.25) is 0 Å². The van der Waals surface area contributed by atoms with Crippen LogP contribution >= 0.6 is 0 Å². The number of carbonyl (C=O) groups is 3. The van der Waals surface area contributed by atoms with Crippen molar-refractivity contribution >= 4 is 17.9 Å². The maximum Gasteiger partial charge on any atom is 0.338 e. The third kappa shape index (κ3) is 4.32. The Labute approximate surface area is 139 Å². The lowest BCUT2D eigenvalue weighted by Crippen LogP contribution is -2.41. The fraction of sp³-hybridized carbons (Fsp3) is 0.471. The number of esters is 3. The Kier molecular flexibility index (Phi) is 5.92. The molecule has 3 unspecified atom stereocenters. The number of ether oxygens (including phenoxy) is 4. The number of rotatable bonds is 5. The lowest BCUT2D eigenvalue weighted by atomic mass is 10.1. The van der Waals surface area contributed by atoms with Crippen LogP contribution in [0.1, 0.15) is 37.6 Å². The first-order valence-corrected chi connectivity index (χ1v) is 7.68. The molecule has 1 aromatic rings. The molecule has 1 aliphatic rings. The van der Waals surface area contributed by atoms with Gasteiger partial charge in [0.05, 0.1) is 5.56 Å². The van der Waals surface area contributed by atoms with Gasteiger partial charge in [-0.3, -0.25) is 9.59 Å². The molecule has 7 heteroatoms. The van der Waals surface area contributed by atoms with E-state index in [2.05, 4.69) is 0 Å². The van der Waals surface area contributed by atoms with E-state index in [1.165, 1.54) is 13.8 Å². The van der Waals surface area contributed by atoms with E-state index in [9.17, 15) is 14.4 Å². The summed E-state index contributed by atoms with van der Waals surface area (Å²) in [5, 5.41) is 0. The molecular formula is C17H20O7. The summed E-state index contributed by atoms with van der Waals surface area (Å²) in [6, 6.07) is 8.43. The highest BCUT2D eigenvalue weighted by Gasteiger charge is 2.50. The summed E-state index contributed by atoms with van der Waals surface area (Å²) in [6.45, 7) is 4.27. The van der Waals surface area contributed by atoms with Crippen molar-refractivity contribution in [2.75, 3.05) is 0 Å². The molecule has 24 heavy (non-hydrogen) atoms. The maximum atomic E-state index is 12.3. The van der Waals surface area contributed by atoms with Gasteiger partial charge in [0.25, 0.3) is 0 Å². The van der Waals surface area contributed by atoms with E-state index in [1.54, 1.807) is 30.3 Å². The summed E-state index contributed by atoms with van der Waals surface area (Å²) >= 11 is 0. The molecule has 1 fully saturated rings. The van der Waals surface area contributed by atoms with Crippen LogP contribution in [0.3, 0.4) is 0 Å². The van der Waals surface area contributed by atoms with Crippen molar-refractivity contribution < 1.29 is 33.3 Å². The molecule has 0 aromatic heterocycles. The van der Waals surface area contributed by atoms with E-state index < -0.39 is 42.5 Å². The zero-order chi connectivity index (χ0) is 17.7. The lowest BCUT2D eigenvalue weighted by molar-refractivity contribution is -0.194. The molecule has 0 spiro atoms. The number of hydrogen-bond donors (Lipinski definition) is 0. The van der Waals surface area contributed by atoms with E-state index in [4.69, 9.17) is 18.9 Å². The van der Waals surface area contributed by atoms with Gasteiger partial charge in [0, 0.05) is 13.8 Å². The average Bonchev–Trinajstić information content (AvgIpc) is 2.84. The van der Waals surface area contributed by atoms with Crippen LogP contribution < -0.4 is 0 Å². The van der Waals surface area contributed by atoms with Crippen molar-refractivity contribution in [3.63, 3.8) is 0 Å². The highest BCUT2D eigenvalue weighted by atomic mass is 16.7. The zero-order valence-electron chi connectivity index (χ0n) is 13.8. The third-order valence-corrected chi connectivity index (χ3v) is 3.51. The molecule has 1 saturated heterocycles. The lowest BCUT2D eigenvalue weighted by Gasteiger charge is -2.23. The molecule has 0 amide bonds. The molecule has 0 radical (unpaired) electrons. The molecule has 4 atom stereocenters. The van der Waals surface area contributed by atoms with Crippen molar-refractivity contribution in [1.82, 2.24) is 0 Å². The summed E-state index contributed by atoms with van der Waals surface area (Å²) in [7, 11) is 0. The molecule has 1 aromatic carbocycles. The smallest absolute Gasteiger partial charge is 0.338 e. The number of hydrogen-bond acceptors (Lipinski definition) is 7. The van der Waals surface area contributed by atoms with E-state index in [1.807, 2.05) is 6.92 Å². The van der Waals surface area contributed by atoms with Gasteiger partial charge in [-0.05, 0) is 18.6 Å². The molecule has 130 valence electrons. The van der Waals surface area contributed by atoms with Crippen LogP contribution in [-0.2, 0) is 28.5 Å². The van der Waals surface area contributed by atoms with Crippen molar-refractivity contribution in [3.8, 4) is 0 Å². The maximum absolute atomic E-state index is 12.3. The molecular weight excluding hydrogens is 316 g/mol. The highest BCUT2D eigenvalue weighted by Crippen LogP contribution is 2.30. The first-order chi connectivity index (χ1) is 11.4. The van der Waals surface area contributed by atoms with Gasteiger partial charge in [-0.25, -0.2) is 4.79 Å². The Morgan fingerprint density at radius 2 is 1.58 bits per heavy atom. The van der Waals surface area contributed by atoms with Gasteiger partial charge in [-0.2, -0.15) is 0 Å². The third-order valence-electron chi connectivity index (χ3n) is 3.51. The van der Waals surface area contributed by atoms with Crippen LogP contribution in [0.15, 0.2) is 30.3 Å². The second-order valence-electron chi connectivity index (χ2n) is 5.37. The summed E-state index contributed by atoms with van der Waals surface area (Å²) in [6.07, 6.45) is -3.04. The molecule has 0 saturated carbocycles. The zero-order valence-corrected chi connectivity index (χ0v) is 13.8. The van der Waals surface area contributed by atoms with Crippen molar-refractivity contribution in [2.45, 2.75) is 51.8 Å².